The maximum Gasteiger partial charge on any atom is 0.225 e. The van der Waals surface area contributed by atoms with E-state index >= 15 is 0 Å². The third kappa shape index (κ3) is 3.70. The van der Waals surface area contributed by atoms with Crippen molar-refractivity contribution >= 4 is 5.91 Å². The van der Waals surface area contributed by atoms with E-state index in [4.69, 9.17) is 4.74 Å². The molecule has 1 amide bonds. The first-order valence-electron chi connectivity index (χ1n) is 9.03. The number of benzene rings is 1. The highest BCUT2D eigenvalue weighted by Gasteiger charge is 2.38. The molecule has 0 radical (unpaired) electrons. The van der Waals surface area contributed by atoms with Gasteiger partial charge in [0.1, 0.15) is 11.9 Å². The third-order valence-corrected chi connectivity index (χ3v) is 5.22. The highest BCUT2D eigenvalue weighted by molar-refractivity contribution is 5.81. The van der Waals surface area contributed by atoms with Crippen LogP contribution in [-0.4, -0.2) is 36.1 Å². The molecule has 0 unspecified atom stereocenters. The molecular formula is C20H22FN3O2. The lowest BCUT2D eigenvalue weighted by atomic mass is 9.85. The molecule has 2 fully saturated rings. The fourth-order valence-corrected chi connectivity index (χ4v) is 3.72. The Balaban J connectivity index is 1.27. The van der Waals surface area contributed by atoms with E-state index in [0.29, 0.717) is 12.3 Å². The van der Waals surface area contributed by atoms with Crippen molar-refractivity contribution in [2.75, 3.05) is 13.1 Å². The van der Waals surface area contributed by atoms with E-state index in [-0.39, 0.29) is 29.9 Å². The van der Waals surface area contributed by atoms with E-state index in [2.05, 4.69) is 27.8 Å². The number of amides is 1. The van der Waals surface area contributed by atoms with Gasteiger partial charge in [-0.15, -0.1) is 0 Å². The minimum Gasteiger partial charge on any atom is -0.489 e. The number of ether oxygens (including phenoxy) is 1. The van der Waals surface area contributed by atoms with Crippen molar-refractivity contribution in [2.24, 2.45) is 5.92 Å². The number of nitrogens with one attached hydrogen (secondary N) is 2. The van der Waals surface area contributed by atoms with Crippen LogP contribution in [0.1, 0.15) is 24.3 Å². The molecule has 1 aromatic carbocycles. The van der Waals surface area contributed by atoms with E-state index < -0.39 is 5.95 Å². The summed E-state index contributed by atoms with van der Waals surface area (Å²) in [6, 6.07) is 13.2. The molecule has 1 saturated heterocycles. The molecule has 4 rings (SSSR count). The lowest BCUT2D eigenvalue weighted by Crippen LogP contribution is -2.51. The van der Waals surface area contributed by atoms with Gasteiger partial charge in [0.05, 0.1) is 12.1 Å². The normalized spacial score (nSPS) is 27.6. The Labute approximate surface area is 152 Å². The van der Waals surface area contributed by atoms with Crippen molar-refractivity contribution < 1.29 is 13.9 Å². The summed E-state index contributed by atoms with van der Waals surface area (Å²) in [7, 11) is 0. The molecule has 1 aliphatic carbocycles. The van der Waals surface area contributed by atoms with Crippen LogP contribution < -0.4 is 15.4 Å². The summed E-state index contributed by atoms with van der Waals surface area (Å²) in [6.07, 6.45) is 2.95. The fourth-order valence-electron chi connectivity index (χ4n) is 3.72. The zero-order valence-electron chi connectivity index (χ0n) is 14.4. The number of hydrogen-bond acceptors (Lipinski definition) is 4. The molecule has 0 spiro atoms. The molecule has 2 N–H and O–H groups in total. The molecule has 26 heavy (non-hydrogen) atoms. The van der Waals surface area contributed by atoms with Crippen LogP contribution in [0.5, 0.6) is 5.75 Å². The Morgan fingerprint density at radius 2 is 1.96 bits per heavy atom. The molecule has 1 saturated carbocycles. The van der Waals surface area contributed by atoms with E-state index in [1.54, 1.807) is 6.07 Å². The Kier molecular flexibility index (Phi) is 4.84. The van der Waals surface area contributed by atoms with Crippen LogP contribution in [0.25, 0.3) is 0 Å². The molecule has 2 heterocycles. The molecule has 2 aliphatic rings. The van der Waals surface area contributed by atoms with Gasteiger partial charge in [-0.05, 0) is 17.7 Å². The topological polar surface area (TPSA) is 63.2 Å². The molecule has 1 aliphatic heterocycles. The first kappa shape index (κ1) is 17.0. The number of aromatic nitrogens is 1. The molecule has 0 bridgehead atoms. The van der Waals surface area contributed by atoms with Gasteiger partial charge in [-0.25, -0.2) is 4.98 Å². The fraction of sp³-hybridized carbons (Fsp3) is 0.400. The maximum atomic E-state index is 12.8. The average Bonchev–Trinajstić information content (AvgIpc) is 3.12. The zero-order valence-corrected chi connectivity index (χ0v) is 14.4. The van der Waals surface area contributed by atoms with Gasteiger partial charge >= 0.3 is 0 Å². The van der Waals surface area contributed by atoms with Crippen LogP contribution in [0, 0.1) is 11.9 Å². The summed E-state index contributed by atoms with van der Waals surface area (Å²) in [6.45, 7) is 1.54. The first-order chi connectivity index (χ1) is 12.7. The molecule has 2 aromatic rings. The number of carbonyl (C=O) groups is 1. The van der Waals surface area contributed by atoms with Crippen LogP contribution in [0.15, 0.2) is 48.7 Å². The standard InChI is InChI=1S/C20H22FN3O2/c21-19-7-6-15(10-23-19)26-16-8-14(9-16)24-20(25)18-12-22-11-17(18)13-4-2-1-3-5-13/h1-7,10,14,16-18,22H,8-9,11-12H2,(H,24,25)/t14?,16?,17-,18+/m1/s1. The van der Waals surface area contributed by atoms with Gasteiger partial charge in [0, 0.05) is 37.9 Å². The Hall–Kier alpha value is -2.47. The van der Waals surface area contributed by atoms with Crippen molar-refractivity contribution in [3.05, 3.63) is 60.2 Å². The maximum absolute atomic E-state index is 12.8. The number of halogens is 1. The summed E-state index contributed by atoms with van der Waals surface area (Å²) < 4.78 is 18.5. The van der Waals surface area contributed by atoms with Gasteiger partial charge in [0.25, 0.3) is 0 Å². The van der Waals surface area contributed by atoms with E-state index in [0.717, 1.165) is 19.4 Å². The summed E-state index contributed by atoms with van der Waals surface area (Å²) >= 11 is 0. The van der Waals surface area contributed by atoms with E-state index in [1.807, 2.05) is 18.2 Å². The predicted molar refractivity (Wildman–Crippen MR) is 95.3 cm³/mol. The van der Waals surface area contributed by atoms with Gasteiger partial charge in [0.15, 0.2) is 0 Å². The predicted octanol–water partition coefficient (Wildman–Crippen LogP) is 2.25. The van der Waals surface area contributed by atoms with E-state index in [9.17, 15) is 9.18 Å². The van der Waals surface area contributed by atoms with Crippen molar-refractivity contribution in [1.29, 1.82) is 0 Å². The molecule has 5 nitrogen and oxygen atoms in total. The number of rotatable bonds is 5. The van der Waals surface area contributed by atoms with Crippen LogP contribution in [-0.2, 0) is 4.79 Å². The lowest BCUT2D eigenvalue weighted by Gasteiger charge is -2.36. The van der Waals surface area contributed by atoms with Crippen molar-refractivity contribution in [3.63, 3.8) is 0 Å². The van der Waals surface area contributed by atoms with Crippen LogP contribution >= 0.6 is 0 Å². The van der Waals surface area contributed by atoms with Crippen LogP contribution in [0.4, 0.5) is 4.39 Å². The smallest absolute Gasteiger partial charge is 0.225 e. The number of nitrogens with zero attached hydrogens (tertiary/aromatic N) is 1. The van der Waals surface area contributed by atoms with Crippen molar-refractivity contribution in [3.8, 4) is 5.75 Å². The average molecular weight is 355 g/mol. The molecule has 136 valence electrons. The van der Waals surface area contributed by atoms with Crippen molar-refractivity contribution in [1.82, 2.24) is 15.6 Å². The van der Waals surface area contributed by atoms with Gasteiger partial charge < -0.3 is 15.4 Å². The Morgan fingerprint density at radius 3 is 2.69 bits per heavy atom. The minimum atomic E-state index is -0.519. The minimum absolute atomic E-state index is 0.0409. The quantitative estimate of drug-likeness (QED) is 0.808. The Morgan fingerprint density at radius 1 is 1.15 bits per heavy atom. The summed E-state index contributed by atoms with van der Waals surface area (Å²) in [5, 5.41) is 6.48. The second-order valence-electron chi connectivity index (χ2n) is 7.02. The van der Waals surface area contributed by atoms with Gasteiger partial charge in [-0.2, -0.15) is 4.39 Å². The van der Waals surface area contributed by atoms with Gasteiger partial charge in [-0.3, -0.25) is 4.79 Å². The third-order valence-electron chi connectivity index (χ3n) is 5.22. The highest BCUT2D eigenvalue weighted by atomic mass is 19.1. The van der Waals surface area contributed by atoms with Gasteiger partial charge in [0.2, 0.25) is 11.9 Å². The lowest BCUT2D eigenvalue weighted by molar-refractivity contribution is -0.126. The summed E-state index contributed by atoms with van der Waals surface area (Å²) in [5.74, 6) is 0.322. The number of hydrogen-bond donors (Lipinski definition) is 2. The van der Waals surface area contributed by atoms with Gasteiger partial charge in [-0.1, -0.05) is 30.3 Å². The molecule has 2 atom stereocenters. The number of carbonyl (C=O) groups excluding carboxylic acids is 1. The molecule has 6 heteroatoms. The van der Waals surface area contributed by atoms with E-state index in [1.165, 1.54) is 17.8 Å². The van der Waals surface area contributed by atoms with Crippen LogP contribution in [0.3, 0.4) is 0 Å². The SMILES string of the molecule is O=C(NC1CC(Oc2ccc(F)nc2)C1)[C@H]1CNC[C@@H]1c1ccccc1. The monoisotopic (exact) mass is 355 g/mol. The Bertz CT molecular complexity index is 747. The largest absolute Gasteiger partial charge is 0.489 e. The summed E-state index contributed by atoms with van der Waals surface area (Å²) in [5.41, 5.74) is 1.20. The second-order valence-corrected chi connectivity index (χ2v) is 7.02. The van der Waals surface area contributed by atoms with Crippen LogP contribution in [0.2, 0.25) is 0 Å². The highest BCUT2D eigenvalue weighted by Crippen LogP contribution is 2.30. The van der Waals surface area contributed by atoms with Crippen molar-refractivity contribution in [2.45, 2.75) is 30.9 Å². The first-order valence-corrected chi connectivity index (χ1v) is 9.03. The zero-order chi connectivity index (χ0) is 17.9. The second kappa shape index (κ2) is 7.41. The molecular weight excluding hydrogens is 333 g/mol. The number of pyridine rings is 1. The summed E-state index contributed by atoms with van der Waals surface area (Å²) in [4.78, 5) is 16.3. The molecule has 1 aromatic heterocycles.